The van der Waals surface area contributed by atoms with Gasteiger partial charge in [-0.2, -0.15) is 0 Å². The van der Waals surface area contributed by atoms with Crippen molar-refractivity contribution in [1.29, 1.82) is 0 Å². The molecule has 0 aliphatic carbocycles. The minimum Gasteiger partial charge on any atom is -0.382 e. The van der Waals surface area contributed by atoms with Gasteiger partial charge in [-0.05, 0) is 51.2 Å². The van der Waals surface area contributed by atoms with Gasteiger partial charge in [0, 0.05) is 32.9 Å². The summed E-state index contributed by atoms with van der Waals surface area (Å²) in [7, 11) is 0. The SMILES string of the molecule is CCOCCCNC(=S)NCCC1CCCCO1. The standard InChI is InChI=1S/C13H26N2O2S/c1-2-16-10-5-8-14-13(18)15-9-7-12-6-3-4-11-17-12/h12H,2-11H2,1H3,(H2,14,15,18). The zero-order chi connectivity index (χ0) is 13.1. The molecule has 1 saturated heterocycles. The lowest BCUT2D eigenvalue weighted by Crippen LogP contribution is -2.38. The fourth-order valence-electron chi connectivity index (χ4n) is 1.96. The molecule has 1 aliphatic heterocycles. The summed E-state index contributed by atoms with van der Waals surface area (Å²) in [5.41, 5.74) is 0. The van der Waals surface area contributed by atoms with Gasteiger partial charge in [-0.25, -0.2) is 0 Å². The van der Waals surface area contributed by atoms with E-state index in [1.54, 1.807) is 0 Å². The van der Waals surface area contributed by atoms with Crippen molar-refractivity contribution in [2.45, 2.75) is 45.1 Å². The van der Waals surface area contributed by atoms with E-state index in [9.17, 15) is 0 Å². The molecule has 106 valence electrons. The summed E-state index contributed by atoms with van der Waals surface area (Å²) in [4.78, 5) is 0. The molecule has 0 amide bonds. The van der Waals surface area contributed by atoms with Crippen molar-refractivity contribution in [3.05, 3.63) is 0 Å². The average molecular weight is 274 g/mol. The first-order valence-corrected chi connectivity index (χ1v) is 7.44. The van der Waals surface area contributed by atoms with E-state index < -0.39 is 0 Å². The molecule has 1 rings (SSSR count). The van der Waals surface area contributed by atoms with Crippen molar-refractivity contribution in [1.82, 2.24) is 10.6 Å². The Balaban J connectivity index is 1.89. The molecule has 5 heteroatoms. The molecule has 1 atom stereocenters. The molecule has 1 fully saturated rings. The number of hydrogen-bond donors (Lipinski definition) is 2. The minimum atomic E-state index is 0.423. The summed E-state index contributed by atoms with van der Waals surface area (Å²) < 4.78 is 10.9. The number of ether oxygens (including phenoxy) is 2. The highest BCUT2D eigenvalue weighted by Gasteiger charge is 2.12. The van der Waals surface area contributed by atoms with Crippen LogP contribution >= 0.6 is 12.2 Å². The zero-order valence-corrected chi connectivity index (χ0v) is 12.2. The zero-order valence-electron chi connectivity index (χ0n) is 11.4. The minimum absolute atomic E-state index is 0.423. The van der Waals surface area contributed by atoms with Gasteiger partial charge in [0.2, 0.25) is 0 Å². The second-order valence-corrected chi connectivity index (χ2v) is 4.92. The third kappa shape index (κ3) is 7.84. The summed E-state index contributed by atoms with van der Waals surface area (Å²) in [6, 6.07) is 0. The van der Waals surface area contributed by atoms with E-state index in [0.717, 1.165) is 50.9 Å². The summed E-state index contributed by atoms with van der Waals surface area (Å²) in [5.74, 6) is 0. The van der Waals surface area contributed by atoms with Crippen LogP contribution < -0.4 is 10.6 Å². The third-order valence-electron chi connectivity index (χ3n) is 2.98. The summed E-state index contributed by atoms with van der Waals surface area (Å²) in [6.07, 6.45) is 6.15. The van der Waals surface area contributed by atoms with Gasteiger partial charge in [-0.15, -0.1) is 0 Å². The van der Waals surface area contributed by atoms with Crippen molar-refractivity contribution in [2.75, 3.05) is 32.9 Å². The monoisotopic (exact) mass is 274 g/mol. The number of thiocarbonyl (C=S) groups is 1. The fourth-order valence-corrected chi connectivity index (χ4v) is 2.17. The van der Waals surface area contributed by atoms with Gasteiger partial charge in [0.1, 0.15) is 0 Å². The van der Waals surface area contributed by atoms with Crippen molar-refractivity contribution in [3.8, 4) is 0 Å². The van der Waals surface area contributed by atoms with Crippen molar-refractivity contribution < 1.29 is 9.47 Å². The first kappa shape index (κ1) is 15.7. The van der Waals surface area contributed by atoms with E-state index in [1.807, 2.05) is 6.92 Å². The third-order valence-corrected chi connectivity index (χ3v) is 3.27. The van der Waals surface area contributed by atoms with E-state index in [2.05, 4.69) is 10.6 Å². The lowest BCUT2D eigenvalue weighted by atomic mass is 10.1. The smallest absolute Gasteiger partial charge is 0.166 e. The molecular formula is C13H26N2O2S. The van der Waals surface area contributed by atoms with Crippen LogP contribution in [0, 0.1) is 0 Å². The van der Waals surface area contributed by atoms with Crippen LogP contribution in [0.1, 0.15) is 39.0 Å². The molecule has 0 aromatic rings. The van der Waals surface area contributed by atoms with Crippen molar-refractivity contribution >= 4 is 17.3 Å². The molecule has 0 bridgehead atoms. The summed E-state index contributed by atoms with van der Waals surface area (Å²) >= 11 is 5.20. The fraction of sp³-hybridized carbons (Fsp3) is 0.923. The number of rotatable bonds is 8. The molecule has 0 spiro atoms. The van der Waals surface area contributed by atoms with E-state index in [0.29, 0.717) is 6.10 Å². The lowest BCUT2D eigenvalue weighted by Gasteiger charge is -2.22. The molecule has 4 nitrogen and oxygen atoms in total. The van der Waals surface area contributed by atoms with E-state index in [1.165, 1.54) is 19.3 Å². The van der Waals surface area contributed by atoms with Gasteiger partial charge in [0.15, 0.2) is 5.11 Å². The lowest BCUT2D eigenvalue weighted by molar-refractivity contribution is 0.0122. The van der Waals surface area contributed by atoms with Crippen LogP contribution in [-0.4, -0.2) is 44.1 Å². The predicted octanol–water partition coefficient (Wildman–Crippen LogP) is 1.84. The van der Waals surface area contributed by atoms with E-state index in [-0.39, 0.29) is 0 Å². The van der Waals surface area contributed by atoms with Crippen molar-refractivity contribution in [3.63, 3.8) is 0 Å². The highest BCUT2D eigenvalue weighted by Crippen LogP contribution is 2.14. The van der Waals surface area contributed by atoms with Crippen LogP contribution in [0.2, 0.25) is 0 Å². The summed E-state index contributed by atoms with van der Waals surface area (Å²) in [5, 5.41) is 7.14. The molecule has 0 aromatic carbocycles. The first-order valence-electron chi connectivity index (χ1n) is 7.04. The van der Waals surface area contributed by atoms with Crippen LogP contribution in [0.4, 0.5) is 0 Å². The Morgan fingerprint density at radius 3 is 2.89 bits per heavy atom. The average Bonchev–Trinajstić information content (AvgIpc) is 2.40. The van der Waals surface area contributed by atoms with Crippen LogP contribution in [-0.2, 0) is 9.47 Å². The molecule has 0 radical (unpaired) electrons. The molecule has 0 aromatic heterocycles. The normalized spacial score (nSPS) is 19.5. The topological polar surface area (TPSA) is 42.5 Å². The Morgan fingerprint density at radius 2 is 2.17 bits per heavy atom. The molecule has 1 aliphatic rings. The maximum Gasteiger partial charge on any atom is 0.166 e. The quantitative estimate of drug-likeness (QED) is 0.522. The maximum absolute atomic E-state index is 5.66. The largest absolute Gasteiger partial charge is 0.382 e. The van der Waals surface area contributed by atoms with Gasteiger partial charge in [0.05, 0.1) is 6.10 Å². The van der Waals surface area contributed by atoms with Crippen molar-refractivity contribution in [2.24, 2.45) is 0 Å². The predicted molar refractivity (Wildman–Crippen MR) is 77.9 cm³/mol. The second kappa shape index (κ2) is 10.5. The Kier molecular flexibility index (Phi) is 9.16. The highest BCUT2D eigenvalue weighted by atomic mass is 32.1. The molecule has 1 heterocycles. The Morgan fingerprint density at radius 1 is 1.33 bits per heavy atom. The van der Waals surface area contributed by atoms with E-state index in [4.69, 9.17) is 21.7 Å². The Labute approximate surface area is 116 Å². The Bertz CT molecular complexity index is 221. The summed E-state index contributed by atoms with van der Waals surface area (Å²) in [6.45, 7) is 6.26. The molecule has 0 saturated carbocycles. The molecular weight excluding hydrogens is 248 g/mol. The maximum atomic E-state index is 5.66. The van der Waals surface area contributed by atoms with Gasteiger partial charge in [0.25, 0.3) is 0 Å². The second-order valence-electron chi connectivity index (χ2n) is 4.51. The van der Waals surface area contributed by atoms with Gasteiger partial charge < -0.3 is 20.1 Å². The van der Waals surface area contributed by atoms with Crippen LogP contribution in [0.25, 0.3) is 0 Å². The van der Waals surface area contributed by atoms with Gasteiger partial charge in [-0.1, -0.05) is 0 Å². The first-order chi connectivity index (χ1) is 8.83. The van der Waals surface area contributed by atoms with Crippen LogP contribution in [0.15, 0.2) is 0 Å². The molecule has 2 N–H and O–H groups in total. The number of nitrogens with one attached hydrogen (secondary N) is 2. The van der Waals surface area contributed by atoms with Crippen LogP contribution in [0.5, 0.6) is 0 Å². The molecule has 1 unspecified atom stereocenters. The van der Waals surface area contributed by atoms with Gasteiger partial charge in [-0.3, -0.25) is 0 Å². The van der Waals surface area contributed by atoms with Crippen LogP contribution in [0.3, 0.4) is 0 Å². The highest BCUT2D eigenvalue weighted by molar-refractivity contribution is 7.80. The van der Waals surface area contributed by atoms with E-state index >= 15 is 0 Å². The number of hydrogen-bond acceptors (Lipinski definition) is 3. The Hall–Kier alpha value is -0.390. The van der Waals surface area contributed by atoms with Gasteiger partial charge >= 0.3 is 0 Å². The molecule has 18 heavy (non-hydrogen) atoms.